The molecule has 0 amide bonds. The monoisotopic (exact) mass is 336 g/mol. The lowest BCUT2D eigenvalue weighted by atomic mass is 10.00. The van der Waals surface area contributed by atoms with Crippen LogP contribution < -0.4 is 0 Å². The molecular weight excluding hydrogens is 311 g/mol. The van der Waals surface area contributed by atoms with Gasteiger partial charge in [0, 0.05) is 36.6 Å². The number of nitrogens with zero attached hydrogens (tertiary/aromatic N) is 2. The summed E-state index contributed by atoms with van der Waals surface area (Å²) in [6.07, 6.45) is 1.91. The van der Waals surface area contributed by atoms with Crippen LogP contribution in [0.15, 0.2) is 42.5 Å². The normalized spacial score (nSPS) is 17.8. The molecule has 0 saturated carbocycles. The van der Waals surface area contributed by atoms with Crippen LogP contribution in [-0.2, 0) is 25.9 Å². The van der Waals surface area contributed by atoms with Crippen molar-refractivity contribution in [1.29, 1.82) is 0 Å². The lowest BCUT2D eigenvalue weighted by Crippen LogP contribution is -2.35. The van der Waals surface area contributed by atoms with E-state index >= 15 is 0 Å². The van der Waals surface area contributed by atoms with Gasteiger partial charge >= 0.3 is 0 Å². The van der Waals surface area contributed by atoms with E-state index in [1.165, 1.54) is 22.4 Å². The number of likely N-dealkylation sites (N-methyl/N-ethyl adjacent to an activating group) is 1. The fourth-order valence-corrected chi connectivity index (χ4v) is 4.11. The minimum absolute atomic E-state index is 0.105. The van der Waals surface area contributed by atoms with Crippen LogP contribution in [-0.4, -0.2) is 22.6 Å². The Hall–Kier alpha value is -2.13. The van der Waals surface area contributed by atoms with Crippen molar-refractivity contribution in [3.8, 4) is 0 Å². The number of aromatic nitrogens is 1. The van der Waals surface area contributed by atoms with Gasteiger partial charge in [-0.1, -0.05) is 36.4 Å². The molecule has 1 atom stereocenters. The molecule has 1 aliphatic rings. The van der Waals surface area contributed by atoms with Crippen LogP contribution >= 0.6 is 0 Å². The molecule has 0 radical (unpaired) electrons. The first-order valence-corrected chi connectivity index (χ1v) is 9.09. The third-order valence-electron chi connectivity index (χ3n) is 5.77. The number of benzene rings is 2. The largest absolute Gasteiger partial charge is 0.342 e. The minimum Gasteiger partial charge on any atom is -0.342 e. The zero-order chi connectivity index (χ0) is 17.6. The number of para-hydroxylation sites is 1. The predicted molar refractivity (Wildman–Crippen MR) is 101 cm³/mol. The third-order valence-corrected chi connectivity index (χ3v) is 5.77. The summed E-state index contributed by atoms with van der Waals surface area (Å²) in [4.78, 5) is 2.36. The summed E-state index contributed by atoms with van der Waals surface area (Å²) in [6, 6.07) is 14.5. The van der Waals surface area contributed by atoms with Gasteiger partial charge in [0.15, 0.2) is 0 Å². The van der Waals surface area contributed by atoms with Crippen LogP contribution in [0.5, 0.6) is 0 Å². The standard InChI is InChI=1S/C22H25FN2/c1-15-7-4-5-8-17(15)11-12-25-21-13-16(2)24(3)14-19(21)18-9-6-10-20(23)22(18)25/h4-10,16H,11-14H2,1-3H3. The zero-order valence-corrected chi connectivity index (χ0v) is 15.2. The first-order chi connectivity index (χ1) is 12.1. The number of halogens is 1. The fourth-order valence-electron chi connectivity index (χ4n) is 4.11. The van der Waals surface area contributed by atoms with E-state index in [1.54, 1.807) is 6.07 Å². The van der Waals surface area contributed by atoms with Crippen LogP contribution in [0.2, 0.25) is 0 Å². The van der Waals surface area contributed by atoms with Gasteiger partial charge < -0.3 is 4.57 Å². The van der Waals surface area contributed by atoms with Crippen molar-refractivity contribution in [2.24, 2.45) is 0 Å². The average molecular weight is 336 g/mol. The number of aryl methyl sites for hydroxylation is 3. The Morgan fingerprint density at radius 1 is 1.12 bits per heavy atom. The maximum absolute atomic E-state index is 14.7. The lowest BCUT2D eigenvalue weighted by molar-refractivity contribution is 0.228. The second kappa shape index (κ2) is 6.30. The maximum Gasteiger partial charge on any atom is 0.147 e. The van der Waals surface area contributed by atoms with Crippen molar-refractivity contribution in [1.82, 2.24) is 9.47 Å². The van der Waals surface area contributed by atoms with Crippen molar-refractivity contribution in [2.75, 3.05) is 7.05 Å². The van der Waals surface area contributed by atoms with Crippen molar-refractivity contribution < 1.29 is 4.39 Å². The highest BCUT2D eigenvalue weighted by Gasteiger charge is 2.27. The molecule has 0 saturated heterocycles. The Bertz CT molecular complexity index is 925. The van der Waals surface area contributed by atoms with E-state index in [0.717, 1.165) is 36.8 Å². The molecule has 25 heavy (non-hydrogen) atoms. The Morgan fingerprint density at radius 2 is 1.92 bits per heavy atom. The first kappa shape index (κ1) is 16.3. The smallest absolute Gasteiger partial charge is 0.147 e. The lowest BCUT2D eigenvalue weighted by Gasteiger charge is -2.31. The number of hydrogen-bond donors (Lipinski definition) is 0. The van der Waals surface area contributed by atoms with E-state index in [1.807, 2.05) is 6.07 Å². The summed E-state index contributed by atoms with van der Waals surface area (Å²) >= 11 is 0. The Morgan fingerprint density at radius 3 is 2.72 bits per heavy atom. The molecule has 130 valence electrons. The molecule has 4 rings (SSSR count). The molecule has 2 nitrogen and oxygen atoms in total. The summed E-state index contributed by atoms with van der Waals surface area (Å²) in [5.41, 5.74) is 6.06. The Kier molecular flexibility index (Phi) is 4.12. The molecule has 3 aromatic rings. The van der Waals surface area contributed by atoms with Gasteiger partial charge in [-0.2, -0.15) is 0 Å². The SMILES string of the molecule is Cc1ccccc1CCn1c2c(c3cccc(F)c31)CN(C)C(C)C2. The van der Waals surface area contributed by atoms with Gasteiger partial charge in [0.1, 0.15) is 5.82 Å². The van der Waals surface area contributed by atoms with Crippen LogP contribution in [0.25, 0.3) is 10.9 Å². The zero-order valence-electron chi connectivity index (χ0n) is 15.2. The highest BCUT2D eigenvalue weighted by atomic mass is 19.1. The van der Waals surface area contributed by atoms with E-state index in [0.29, 0.717) is 6.04 Å². The molecule has 1 unspecified atom stereocenters. The molecule has 2 heterocycles. The molecule has 2 aromatic carbocycles. The van der Waals surface area contributed by atoms with Gasteiger partial charge in [-0.3, -0.25) is 4.90 Å². The minimum atomic E-state index is -0.105. The molecule has 0 N–H and O–H groups in total. The van der Waals surface area contributed by atoms with E-state index in [-0.39, 0.29) is 5.82 Å². The van der Waals surface area contributed by atoms with Gasteiger partial charge in [0.2, 0.25) is 0 Å². The van der Waals surface area contributed by atoms with E-state index < -0.39 is 0 Å². The highest BCUT2D eigenvalue weighted by molar-refractivity contribution is 5.86. The molecule has 0 bridgehead atoms. The quantitative estimate of drug-likeness (QED) is 0.672. The summed E-state index contributed by atoms with van der Waals surface area (Å²) < 4.78 is 16.9. The van der Waals surface area contributed by atoms with E-state index in [2.05, 4.69) is 60.7 Å². The summed E-state index contributed by atoms with van der Waals surface area (Å²) in [6.45, 7) is 6.13. The summed E-state index contributed by atoms with van der Waals surface area (Å²) in [5, 5.41) is 1.08. The van der Waals surface area contributed by atoms with Crippen molar-refractivity contribution in [3.63, 3.8) is 0 Å². The van der Waals surface area contributed by atoms with Crippen molar-refractivity contribution in [3.05, 3.63) is 70.7 Å². The molecule has 0 spiro atoms. The average Bonchev–Trinajstić information content (AvgIpc) is 2.89. The Balaban J connectivity index is 1.80. The number of fused-ring (bicyclic) bond motifs is 3. The van der Waals surface area contributed by atoms with Gasteiger partial charge in [-0.25, -0.2) is 4.39 Å². The second-order valence-electron chi connectivity index (χ2n) is 7.36. The number of hydrogen-bond acceptors (Lipinski definition) is 1. The van der Waals surface area contributed by atoms with E-state index in [9.17, 15) is 4.39 Å². The van der Waals surface area contributed by atoms with Crippen molar-refractivity contribution >= 4 is 10.9 Å². The van der Waals surface area contributed by atoms with Gasteiger partial charge in [-0.05, 0) is 50.1 Å². The second-order valence-corrected chi connectivity index (χ2v) is 7.36. The predicted octanol–water partition coefficient (Wildman–Crippen LogP) is 4.71. The van der Waals surface area contributed by atoms with Crippen LogP contribution in [0, 0.1) is 12.7 Å². The van der Waals surface area contributed by atoms with Gasteiger partial charge in [0.25, 0.3) is 0 Å². The third kappa shape index (κ3) is 2.77. The van der Waals surface area contributed by atoms with E-state index in [4.69, 9.17) is 0 Å². The molecule has 0 fully saturated rings. The molecule has 1 aromatic heterocycles. The molecular formula is C22H25FN2. The van der Waals surface area contributed by atoms with Crippen LogP contribution in [0.3, 0.4) is 0 Å². The summed E-state index contributed by atoms with van der Waals surface area (Å²) in [7, 11) is 2.16. The maximum atomic E-state index is 14.7. The van der Waals surface area contributed by atoms with Gasteiger partial charge in [-0.15, -0.1) is 0 Å². The summed E-state index contributed by atoms with van der Waals surface area (Å²) in [5.74, 6) is -0.105. The van der Waals surface area contributed by atoms with Crippen molar-refractivity contribution in [2.45, 2.75) is 45.8 Å². The first-order valence-electron chi connectivity index (χ1n) is 9.09. The highest BCUT2D eigenvalue weighted by Crippen LogP contribution is 2.34. The van der Waals surface area contributed by atoms with Crippen LogP contribution in [0.4, 0.5) is 4.39 Å². The molecule has 3 heteroatoms. The van der Waals surface area contributed by atoms with Gasteiger partial charge in [0.05, 0.1) is 5.52 Å². The number of rotatable bonds is 3. The van der Waals surface area contributed by atoms with Crippen LogP contribution in [0.1, 0.15) is 29.3 Å². The topological polar surface area (TPSA) is 8.17 Å². The fraction of sp³-hybridized carbons (Fsp3) is 0.364. The Labute approximate surface area is 148 Å². The molecule has 1 aliphatic heterocycles. The molecule has 0 aliphatic carbocycles.